The van der Waals surface area contributed by atoms with Crippen LogP contribution in [0.3, 0.4) is 0 Å². The number of nitrogens with zero attached hydrogens (tertiary/aromatic N) is 3. The third kappa shape index (κ3) is 4.70. The van der Waals surface area contributed by atoms with Gasteiger partial charge in [-0.3, -0.25) is 4.79 Å². The molecule has 1 saturated heterocycles. The molecule has 5 rings (SSSR count). The number of carbonyl (C=O) groups is 1. The molecule has 0 spiro atoms. The molecule has 0 saturated carbocycles. The summed E-state index contributed by atoms with van der Waals surface area (Å²) in [5.41, 5.74) is 2.99. The molecule has 1 aromatic heterocycles. The Balaban J connectivity index is 1.31. The number of unbranched alkanes of at least 4 members (excludes halogenated alkanes) is 1. The number of aryl methyl sites for hydroxylation is 1. The normalized spacial score (nSPS) is 15.9. The molecule has 5 nitrogen and oxygen atoms in total. The topological polar surface area (TPSA) is 47.4 Å². The monoisotopic (exact) mass is 537 g/mol. The molecule has 7 heteroatoms. The van der Waals surface area contributed by atoms with Crippen LogP contribution in [-0.4, -0.2) is 28.6 Å². The number of hydrogen-bond acceptors (Lipinski definition) is 3. The minimum atomic E-state index is 0.0476. The smallest absolute Gasteiger partial charge is 0.227 e. The van der Waals surface area contributed by atoms with Crippen molar-refractivity contribution in [3.63, 3.8) is 0 Å². The molecule has 1 amide bonds. The van der Waals surface area contributed by atoms with E-state index in [0.717, 1.165) is 52.2 Å². The second kappa shape index (κ2) is 10.2. The van der Waals surface area contributed by atoms with Gasteiger partial charge in [0.1, 0.15) is 11.6 Å². The zero-order valence-electron chi connectivity index (χ0n) is 18.7. The molecule has 0 aliphatic carbocycles. The maximum atomic E-state index is 12.9. The minimum Gasteiger partial charge on any atom is -0.492 e. The van der Waals surface area contributed by atoms with E-state index in [1.807, 2.05) is 71.6 Å². The van der Waals surface area contributed by atoms with Gasteiger partial charge in [0.05, 0.1) is 28.4 Å². The molecule has 34 heavy (non-hydrogen) atoms. The van der Waals surface area contributed by atoms with E-state index in [2.05, 4.69) is 26.6 Å². The first-order valence-electron chi connectivity index (χ1n) is 11.5. The van der Waals surface area contributed by atoms with Crippen LogP contribution in [0, 0.1) is 0 Å². The van der Waals surface area contributed by atoms with Gasteiger partial charge in [0.15, 0.2) is 0 Å². The summed E-state index contributed by atoms with van der Waals surface area (Å²) in [4.78, 5) is 19.8. The second-order valence-electron chi connectivity index (χ2n) is 8.45. The first kappa shape index (κ1) is 22.9. The first-order chi connectivity index (χ1) is 16.6. The average molecular weight is 539 g/mol. The number of imidazole rings is 1. The molecule has 1 fully saturated rings. The lowest BCUT2D eigenvalue weighted by atomic mass is 10.1. The molecule has 1 atom stereocenters. The standard InChI is InChI=1S/C27H25BrClN3O2/c28-20-9-1-4-12-23(20)32-18-19(17-26(32)33)27-30-22-11-3-5-13-24(22)31(27)15-7-8-16-34-25-14-6-2-10-21(25)29/h1-6,9-14,19H,7-8,15-18H2. The van der Waals surface area contributed by atoms with Gasteiger partial charge in [-0.1, -0.05) is 48.0 Å². The van der Waals surface area contributed by atoms with E-state index >= 15 is 0 Å². The number of aromatic nitrogens is 2. The van der Waals surface area contributed by atoms with Crippen LogP contribution in [0.15, 0.2) is 77.3 Å². The summed E-state index contributed by atoms with van der Waals surface area (Å²) in [5, 5.41) is 0.630. The van der Waals surface area contributed by atoms with E-state index in [0.29, 0.717) is 24.6 Å². The van der Waals surface area contributed by atoms with Crippen molar-refractivity contribution in [1.29, 1.82) is 0 Å². The number of ether oxygens (including phenoxy) is 1. The fraction of sp³-hybridized carbons (Fsp3) is 0.259. The van der Waals surface area contributed by atoms with Gasteiger partial charge in [0.2, 0.25) is 5.91 Å². The van der Waals surface area contributed by atoms with Crippen molar-refractivity contribution in [3.8, 4) is 5.75 Å². The van der Waals surface area contributed by atoms with E-state index in [1.165, 1.54) is 0 Å². The van der Waals surface area contributed by atoms with Crippen molar-refractivity contribution in [2.75, 3.05) is 18.1 Å². The molecule has 0 bridgehead atoms. The van der Waals surface area contributed by atoms with Crippen LogP contribution in [0.4, 0.5) is 5.69 Å². The van der Waals surface area contributed by atoms with E-state index in [9.17, 15) is 4.79 Å². The van der Waals surface area contributed by atoms with Gasteiger partial charge in [0.25, 0.3) is 0 Å². The third-order valence-electron chi connectivity index (χ3n) is 6.19. The summed E-state index contributed by atoms with van der Waals surface area (Å²) in [7, 11) is 0. The Bertz CT molecular complexity index is 1320. The lowest BCUT2D eigenvalue weighted by Crippen LogP contribution is -2.25. The Morgan fingerprint density at radius 2 is 1.76 bits per heavy atom. The maximum Gasteiger partial charge on any atom is 0.227 e. The number of carbonyl (C=O) groups excluding carboxylic acids is 1. The van der Waals surface area contributed by atoms with Gasteiger partial charge in [-0.15, -0.1) is 0 Å². The van der Waals surface area contributed by atoms with Gasteiger partial charge >= 0.3 is 0 Å². The number of rotatable bonds is 8. The zero-order chi connectivity index (χ0) is 23.5. The van der Waals surface area contributed by atoms with Crippen molar-refractivity contribution >= 4 is 50.2 Å². The fourth-order valence-corrected chi connectivity index (χ4v) is 5.23. The van der Waals surface area contributed by atoms with Crippen LogP contribution in [0.5, 0.6) is 5.75 Å². The fourth-order valence-electron chi connectivity index (χ4n) is 4.54. The van der Waals surface area contributed by atoms with Crippen molar-refractivity contribution < 1.29 is 9.53 Å². The van der Waals surface area contributed by atoms with Gasteiger partial charge in [0, 0.05) is 29.9 Å². The van der Waals surface area contributed by atoms with E-state index in [4.69, 9.17) is 21.3 Å². The Morgan fingerprint density at radius 1 is 1.00 bits per heavy atom. The minimum absolute atomic E-state index is 0.0476. The first-order valence-corrected chi connectivity index (χ1v) is 12.7. The lowest BCUT2D eigenvalue weighted by Gasteiger charge is -2.19. The van der Waals surface area contributed by atoms with Crippen LogP contribution in [0.1, 0.15) is 31.0 Å². The van der Waals surface area contributed by atoms with Crippen molar-refractivity contribution in [1.82, 2.24) is 9.55 Å². The predicted molar refractivity (Wildman–Crippen MR) is 140 cm³/mol. The number of fused-ring (bicyclic) bond motifs is 1. The molecular weight excluding hydrogens is 514 g/mol. The third-order valence-corrected chi connectivity index (χ3v) is 7.17. The van der Waals surface area contributed by atoms with Crippen molar-refractivity contribution in [2.24, 2.45) is 0 Å². The Morgan fingerprint density at radius 3 is 2.62 bits per heavy atom. The Kier molecular flexibility index (Phi) is 6.88. The van der Waals surface area contributed by atoms with Crippen LogP contribution < -0.4 is 9.64 Å². The van der Waals surface area contributed by atoms with Crippen LogP contribution >= 0.6 is 27.5 Å². The maximum absolute atomic E-state index is 12.9. The number of amides is 1. The summed E-state index contributed by atoms with van der Waals surface area (Å²) in [6.07, 6.45) is 2.29. The highest BCUT2D eigenvalue weighted by Crippen LogP contribution is 2.36. The number of halogens is 2. The molecule has 1 aliphatic rings. The largest absolute Gasteiger partial charge is 0.492 e. The Labute approximate surface area is 212 Å². The second-order valence-corrected chi connectivity index (χ2v) is 9.71. The molecule has 4 aromatic rings. The van der Waals surface area contributed by atoms with Crippen molar-refractivity contribution in [2.45, 2.75) is 31.7 Å². The highest BCUT2D eigenvalue weighted by Gasteiger charge is 2.35. The molecule has 1 unspecified atom stereocenters. The molecule has 174 valence electrons. The zero-order valence-corrected chi connectivity index (χ0v) is 21.0. The summed E-state index contributed by atoms with van der Waals surface area (Å²) in [6, 6.07) is 23.6. The highest BCUT2D eigenvalue weighted by molar-refractivity contribution is 9.10. The van der Waals surface area contributed by atoms with Crippen LogP contribution in [0.2, 0.25) is 5.02 Å². The van der Waals surface area contributed by atoms with Gasteiger partial charge in [-0.25, -0.2) is 4.98 Å². The summed E-state index contributed by atoms with van der Waals surface area (Å²) in [5.74, 6) is 1.88. The van der Waals surface area contributed by atoms with Crippen molar-refractivity contribution in [3.05, 3.63) is 88.1 Å². The van der Waals surface area contributed by atoms with E-state index in [1.54, 1.807) is 0 Å². The van der Waals surface area contributed by atoms with E-state index in [-0.39, 0.29) is 11.8 Å². The molecule has 0 N–H and O–H groups in total. The van der Waals surface area contributed by atoms with Gasteiger partial charge in [-0.05, 0) is 65.2 Å². The summed E-state index contributed by atoms with van der Waals surface area (Å²) in [6.45, 7) is 2.05. The summed E-state index contributed by atoms with van der Waals surface area (Å²) >= 11 is 9.77. The predicted octanol–water partition coefficient (Wildman–Crippen LogP) is 6.83. The Hall–Kier alpha value is -2.83. The van der Waals surface area contributed by atoms with Crippen LogP contribution in [-0.2, 0) is 11.3 Å². The van der Waals surface area contributed by atoms with Crippen LogP contribution in [0.25, 0.3) is 11.0 Å². The SMILES string of the molecule is O=C1CC(c2nc3ccccc3n2CCCCOc2ccccc2Cl)CN1c1ccccc1Br. The number of hydrogen-bond donors (Lipinski definition) is 0. The molecular formula is C27H25BrClN3O2. The van der Waals surface area contributed by atoms with E-state index < -0.39 is 0 Å². The molecule has 1 aliphatic heterocycles. The van der Waals surface area contributed by atoms with Gasteiger partial charge in [-0.2, -0.15) is 0 Å². The molecule has 0 radical (unpaired) electrons. The number of benzene rings is 3. The quantitative estimate of drug-likeness (QED) is 0.231. The summed E-state index contributed by atoms with van der Waals surface area (Å²) < 4.78 is 9.06. The molecule has 3 aromatic carbocycles. The average Bonchev–Trinajstić information content (AvgIpc) is 3.41. The number of anilines is 1. The van der Waals surface area contributed by atoms with Gasteiger partial charge < -0.3 is 14.2 Å². The number of para-hydroxylation sites is 4. The molecule has 2 heterocycles. The highest BCUT2D eigenvalue weighted by atomic mass is 79.9. The lowest BCUT2D eigenvalue weighted by molar-refractivity contribution is -0.117.